The maximum Gasteiger partial charge on any atom is 0.353 e. The topological polar surface area (TPSA) is 102 Å². The molecule has 0 fully saturated rings. The number of aromatic nitrogens is 1. The van der Waals surface area contributed by atoms with Gasteiger partial charge in [0.2, 0.25) is 9.84 Å². The van der Waals surface area contributed by atoms with E-state index < -0.39 is 38.3 Å². The molecular formula is C19H17F3N2O4S. The second-order valence-electron chi connectivity index (χ2n) is 6.48. The zero-order chi connectivity index (χ0) is 21.5. The summed E-state index contributed by atoms with van der Waals surface area (Å²) < 4.78 is 66.4. The lowest BCUT2D eigenvalue weighted by molar-refractivity contribution is 0.0679. The van der Waals surface area contributed by atoms with Crippen LogP contribution in [0.5, 0.6) is 0 Å². The lowest BCUT2D eigenvalue weighted by atomic mass is 10.1. The van der Waals surface area contributed by atoms with Crippen LogP contribution in [0.1, 0.15) is 21.6 Å². The number of hydrogen-bond acceptors (Lipinski definition) is 4. The Morgan fingerprint density at radius 1 is 1.14 bits per heavy atom. The Morgan fingerprint density at radius 2 is 1.76 bits per heavy atom. The van der Waals surface area contributed by atoms with Crippen LogP contribution < -0.4 is 5.73 Å². The van der Waals surface area contributed by atoms with E-state index in [0.717, 1.165) is 4.57 Å². The maximum absolute atomic E-state index is 14.0. The number of aromatic carboxylic acids is 1. The number of rotatable bonds is 6. The van der Waals surface area contributed by atoms with Crippen molar-refractivity contribution in [3.05, 3.63) is 59.3 Å². The van der Waals surface area contributed by atoms with Gasteiger partial charge >= 0.3 is 5.97 Å². The normalized spacial score (nSPS) is 13.1. The molecule has 0 saturated carbocycles. The predicted molar refractivity (Wildman–Crippen MR) is 102 cm³/mol. The Bertz CT molecular complexity index is 1190. The Balaban J connectivity index is 2.46. The highest BCUT2D eigenvalue weighted by molar-refractivity contribution is 7.92. The number of hydrogen-bond donors (Lipinski definition) is 2. The van der Waals surface area contributed by atoms with Gasteiger partial charge in [0.25, 0.3) is 11.9 Å². The molecule has 6 nitrogen and oxygen atoms in total. The van der Waals surface area contributed by atoms with Crippen molar-refractivity contribution in [2.45, 2.75) is 30.3 Å². The van der Waals surface area contributed by atoms with E-state index in [1.165, 1.54) is 6.07 Å². The minimum Gasteiger partial charge on any atom is -0.477 e. The molecule has 0 radical (unpaired) electrons. The highest BCUT2D eigenvalue weighted by atomic mass is 32.2. The predicted octanol–water partition coefficient (Wildman–Crippen LogP) is 3.61. The summed E-state index contributed by atoms with van der Waals surface area (Å²) >= 11 is 0. The van der Waals surface area contributed by atoms with Gasteiger partial charge in [-0.25, -0.2) is 26.4 Å². The number of carboxylic acid groups (broad SMARTS) is 1. The van der Waals surface area contributed by atoms with Crippen LogP contribution in [0.2, 0.25) is 0 Å². The summed E-state index contributed by atoms with van der Waals surface area (Å²) in [6.07, 6.45) is -3.85. The molecule has 10 heteroatoms. The molecular weight excluding hydrogens is 409 g/mol. The molecule has 0 bridgehead atoms. The Hall–Kier alpha value is -3.01. The van der Waals surface area contributed by atoms with E-state index in [4.69, 9.17) is 5.73 Å². The standard InChI is InChI=1S/C19H17F3N2O4S/c1-10-7-8-12-13(14(10)23)16(29(27,28)18(22)17(20)21)15(19(25)26)24(12)9-11-5-3-2-4-6-11/h2-8,17-18H,9,23H2,1H3,(H,25,26). The van der Waals surface area contributed by atoms with Crippen LogP contribution in [0, 0.1) is 6.92 Å². The summed E-state index contributed by atoms with van der Waals surface area (Å²) in [5.41, 5.74) is 2.59. The molecule has 1 heterocycles. The fraction of sp³-hybridized carbons (Fsp3) is 0.211. The summed E-state index contributed by atoms with van der Waals surface area (Å²) in [7, 11) is -5.35. The van der Waals surface area contributed by atoms with Gasteiger partial charge in [0.1, 0.15) is 10.6 Å². The van der Waals surface area contributed by atoms with Gasteiger partial charge in [-0.1, -0.05) is 36.4 Å². The first-order chi connectivity index (χ1) is 13.6. The first-order valence-corrected chi connectivity index (χ1v) is 9.96. The number of sulfone groups is 1. The SMILES string of the molecule is Cc1ccc2c(c1N)c(S(=O)(=O)C(F)C(F)F)c(C(=O)O)n2Cc1ccccc1. The van der Waals surface area contributed by atoms with Gasteiger partial charge in [0, 0.05) is 17.6 Å². The maximum atomic E-state index is 14.0. The number of alkyl halides is 3. The van der Waals surface area contributed by atoms with Crippen LogP contribution in [0.4, 0.5) is 18.9 Å². The van der Waals surface area contributed by atoms with Crippen LogP contribution >= 0.6 is 0 Å². The smallest absolute Gasteiger partial charge is 0.353 e. The first kappa shape index (κ1) is 20.7. The summed E-state index contributed by atoms with van der Waals surface area (Å²) in [6, 6.07) is 11.5. The van der Waals surface area contributed by atoms with Crippen LogP contribution in [-0.4, -0.2) is 36.0 Å². The van der Waals surface area contributed by atoms with Crippen molar-refractivity contribution >= 4 is 32.4 Å². The number of benzene rings is 2. The number of anilines is 1. The van der Waals surface area contributed by atoms with Crippen molar-refractivity contribution in [3.63, 3.8) is 0 Å². The number of halogens is 3. The van der Waals surface area contributed by atoms with E-state index in [0.29, 0.717) is 11.1 Å². The molecule has 0 amide bonds. The van der Waals surface area contributed by atoms with Gasteiger partial charge in [-0.05, 0) is 24.1 Å². The van der Waals surface area contributed by atoms with Gasteiger partial charge in [0.15, 0.2) is 0 Å². The summed E-state index contributed by atoms with van der Waals surface area (Å²) in [5, 5.41) is 9.46. The van der Waals surface area contributed by atoms with E-state index in [2.05, 4.69) is 0 Å². The number of carboxylic acids is 1. The fourth-order valence-corrected chi connectivity index (χ4v) is 4.67. The number of nitrogen functional groups attached to an aromatic ring is 1. The number of fused-ring (bicyclic) bond motifs is 1. The highest BCUT2D eigenvalue weighted by Gasteiger charge is 2.42. The van der Waals surface area contributed by atoms with Crippen LogP contribution in [-0.2, 0) is 16.4 Å². The average molecular weight is 426 g/mol. The van der Waals surface area contributed by atoms with Crippen LogP contribution in [0.15, 0.2) is 47.4 Å². The number of nitrogens with two attached hydrogens (primary N) is 1. The van der Waals surface area contributed by atoms with Crippen molar-refractivity contribution < 1.29 is 31.5 Å². The molecule has 0 spiro atoms. The van der Waals surface area contributed by atoms with Gasteiger partial charge in [-0.2, -0.15) is 0 Å². The fourth-order valence-electron chi connectivity index (χ4n) is 3.21. The Morgan fingerprint density at radius 3 is 2.31 bits per heavy atom. The molecule has 0 aliphatic heterocycles. The van der Waals surface area contributed by atoms with E-state index in [-0.39, 0.29) is 23.1 Å². The average Bonchev–Trinajstić information content (AvgIpc) is 3.00. The van der Waals surface area contributed by atoms with E-state index in [1.807, 2.05) is 0 Å². The molecule has 0 saturated heterocycles. The molecule has 3 N–H and O–H groups in total. The van der Waals surface area contributed by atoms with E-state index in [1.54, 1.807) is 43.3 Å². The van der Waals surface area contributed by atoms with Gasteiger partial charge < -0.3 is 15.4 Å². The molecule has 29 heavy (non-hydrogen) atoms. The lowest BCUT2D eigenvalue weighted by Crippen LogP contribution is -2.26. The lowest BCUT2D eigenvalue weighted by Gasteiger charge is -2.11. The number of aryl methyl sites for hydroxylation is 1. The second kappa shape index (κ2) is 7.43. The van der Waals surface area contributed by atoms with Gasteiger partial charge in [-0.3, -0.25) is 0 Å². The molecule has 0 aliphatic carbocycles. The monoisotopic (exact) mass is 426 g/mol. The van der Waals surface area contributed by atoms with Crippen LogP contribution in [0.3, 0.4) is 0 Å². The zero-order valence-electron chi connectivity index (χ0n) is 15.1. The third-order valence-electron chi connectivity index (χ3n) is 4.61. The quantitative estimate of drug-likeness (QED) is 0.586. The summed E-state index contributed by atoms with van der Waals surface area (Å²) in [5.74, 6) is -1.70. The molecule has 154 valence electrons. The minimum absolute atomic E-state index is 0.0807. The van der Waals surface area contributed by atoms with Crippen LogP contribution in [0.25, 0.3) is 10.9 Å². The second-order valence-corrected chi connectivity index (χ2v) is 8.42. The summed E-state index contributed by atoms with van der Waals surface area (Å²) in [6.45, 7) is 1.46. The number of carbonyl (C=O) groups is 1. The zero-order valence-corrected chi connectivity index (χ0v) is 16.0. The minimum atomic E-state index is -5.35. The third kappa shape index (κ3) is 3.44. The largest absolute Gasteiger partial charge is 0.477 e. The first-order valence-electron chi connectivity index (χ1n) is 8.42. The van der Waals surface area contributed by atoms with E-state index >= 15 is 0 Å². The van der Waals surface area contributed by atoms with Crippen molar-refractivity contribution in [1.29, 1.82) is 0 Å². The van der Waals surface area contributed by atoms with Crippen molar-refractivity contribution in [2.24, 2.45) is 0 Å². The van der Waals surface area contributed by atoms with Gasteiger partial charge in [-0.15, -0.1) is 0 Å². The molecule has 1 atom stereocenters. The molecule has 3 rings (SSSR count). The molecule has 2 aromatic carbocycles. The van der Waals surface area contributed by atoms with Crippen molar-refractivity contribution in [3.8, 4) is 0 Å². The third-order valence-corrected chi connectivity index (χ3v) is 6.37. The van der Waals surface area contributed by atoms with E-state index in [9.17, 15) is 31.5 Å². The van der Waals surface area contributed by atoms with Crippen molar-refractivity contribution in [1.82, 2.24) is 4.57 Å². The molecule has 1 aromatic heterocycles. The molecule has 0 aliphatic rings. The molecule has 3 aromatic rings. The molecule has 1 unspecified atom stereocenters. The van der Waals surface area contributed by atoms with Crippen molar-refractivity contribution in [2.75, 3.05) is 5.73 Å². The Labute approximate surface area is 164 Å². The number of nitrogens with zero attached hydrogens (tertiary/aromatic N) is 1. The highest BCUT2D eigenvalue weighted by Crippen LogP contribution is 2.39. The summed E-state index contributed by atoms with van der Waals surface area (Å²) in [4.78, 5) is 11.0. The van der Waals surface area contributed by atoms with Gasteiger partial charge in [0.05, 0.1) is 5.52 Å². The Kier molecular flexibility index (Phi) is 5.31.